The van der Waals surface area contributed by atoms with Crippen LogP contribution in [0.15, 0.2) is 23.1 Å². The first kappa shape index (κ1) is 21.3. The number of hydrogen-bond acceptors (Lipinski definition) is 3. The summed E-state index contributed by atoms with van der Waals surface area (Å²) in [6, 6.07) is 6.25. The summed E-state index contributed by atoms with van der Waals surface area (Å²) in [5, 5.41) is 5.43. The van der Waals surface area contributed by atoms with Crippen LogP contribution in [-0.2, 0) is 23.0 Å². The zero-order chi connectivity index (χ0) is 20.5. The van der Waals surface area contributed by atoms with Crippen LogP contribution in [0.4, 0.5) is 0 Å². The third-order valence-corrected chi connectivity index (χ3v) is 8.76. The Morgan fingerprint density at radius 2 is 1.90 bits per heavy atom. The highest BCUT2D eigenvalue weighted by atomic mass is 32.2. The van der Waals surface area contributed by atoms with Crippen LogP contribution in [0, 0.1) is 5.92 Å². The van der Waals surface area contributed by atoms with Crippen molar-refractivity contribution in [3.8, 4) is 0 Å². The Morgan fingerprint density at radius 3 is 2.59 bits per heavy atom. The maximum atomic E-state index is 11.9. The van der Waals surface area contributed by atoms with Gasteiger partial charge in [0.1, 0.15) is 6.54 Å². The van der Waals surface area contributed by atoms with Crippen LogP contribution in [0.25, 0.3) is 0 Å². The molecule has 2 N–H and O–H groups in total. The SMILES string of the molecule is CN1CCC[C@H]1CC[N+]1(CC2CCCCC2)CCc2ccc(S(N)(=O)=O)cc2C1. The molecule has 162 valence electrons. The molecule has 0 bridgehead atoms. The van der Waals surface area contributed by atoms with Crippen molar-refractivity contribution in [2.45, 2.75) is 75.3 Å². The largest absolute Gasteiger partial charge is 0.319 e. The molecule has 1 unspecified atom stereocenters. The third-order valence-electron chi connectivity index (χ3n) is 7.85. The maximum Gasteiger partial charge on any atom is 0.238 e. The molecule has 4 rings (SSSR count). The molecule has 2 atom stereocenters. The van der Waals surface area contributed by atoms with Gasteiger partial charge in [-0.15, -0.1) is 0 Å². The second kappa shape index (κ2) is 8.66. The molecule has 0 amide bonds. The van der Waals surface area contributed by atoms with Crippen LogP contribution in [0.5, 0.6) is 0 Å². The van der Waals surface area contributed by atoms with E-state index in [1.165, 1.54) is 88.7 Å². The quantitative estimate of drug-likeness (QED) is 0.719. The van der Waals surface area contributed by atoms with Gasteiger partial charge in [-0.25, -0.2) is 13.6 Å². The smallest absolute Gasteiger partial charge is 0.238 e. The zero-order valence-electron chi connectivity index (χ0n) is 18.0. The minimum absolute atomic E-state index is 0.268. The van der Waals surface area contributed by atoms with Gasteiger partial charge >= 0.3 is 0 Å². The van der Waals surface area contributed by atoms with Crippen LogP contribution in [0.1, 0.15) is 62.5 Å². The van der Waals surface area contributed by atoms with Crippen molar-refractivity contribution in [3.63, 3.8) is 0 Å². The van der Waals surface area contributed by atoms with E-state index >= 15 is 0 Å². The van der Waals surface area contributed by atoms with E-state index in [-0.39, 0.29) is 4.90 Å². The fraction of sp³-hybridized carbons (Fsp3) is 0.739. The average Bonchev–Trinajstić information content (AvgIpc) is 3.11. The van der Waals surface area contributed by atoms with Gasteiger partial charge in [-0.05, 0) is 57.0 Å². The molecule has 6 heteroatoms. The van der Waals surface area contributed by atoms with Gasteiger partial charge in [0.15, 0.2) is 0 Å². The van der Waals surface area contributed by atoms with E-state index in [2.05, 4.69) is 11.9 Å². The van der Waals surface area contributed by atoms with Gasteiger partial charge in [0.05, 0.1) is 24.5 Å². The minimum Gasteiger partial charge on any atom is -0.319 e. The molecule has 3 aliphatic rings. The Morgan fingerprint density at radius 1 is 1.10 bits per heavy atom. The van der Waals surface area contributed by atoms with E-state index in [4.69, 9.17) is 5.14 Å². The summed E-state index contributed by atoms with van der Waals surface area (Å²) in [5.74, 6) is 0.827. The van der Waals surface area contributed by atoms with Crippen LogP contribution in [0.2, 0.25) is 0 Å². The van der Waals surface area contributed by atoms with Gasteiger partial charge in [-0.2, -0.15) is 0 Å². The number of likely N-dealkylation sites (tertiary alicyclic amines) is 1. The van der Waals surface area contributed by atoms with Crippen LogP contribution in [-0.4, -0.2) is 57.1 Å². The number of hydrogen-bond donors (Lipinski definition) is 1. The van der Waals surface area contributed by atoms with E-state index in [1.807, 2.05) is 12.1 Å². The lowest BCUT2D eigenvalue weighted by molar-refractivity contribution is -0.946. The predicted octanol–water partition coefficient (Wildman–Crippen LogP) is 3.27. The Labute approximate surface area is 176 Å². The van der Waals surface area contributed by atoms with E-state index < -0.39 is 10.0 Å². The van der Waals surface area contributed by atoms with Crippen molar-refractivity contribution in [1.82, 2.24) is 4.90 Å². The second-order valence-electron chi connectivity index (χ2n) is 9.92. The summed E-state index contributed by atoms with van der Waals surface area (Å²) in [6.45, 7) is 5.86. The molecule has 2 aliphatic heterocycles. The first-order chi connectivity index (χ1) is 13.8. The molecule has 1 aromatic carbocycles. The molecule has 1 saturated carbocycles. The predicted molar refractivity (Wildman–Crippen MR) is 117 cm³/mol. The summed E-state index contributed by atoms with van der Waals surface area (Å²) in [7, 11) is -1.38. The summed E-state index contributed by atoms with van der Waals surface area (Å²) < 4.78 is 24.9. The normalized spacial score (nSPS) is 29.1. The molecule has 5 nitrogen and oxygen atoms in total. The van der Waals surface area contributed by atoms with Crippen molar-refractivity contribution in [2.24, 2.45) is 11.1 Å². The molecule has 0 aromatic heterocycles. The van der Waals surface area contributed by atoms with Gasteiger partial charge in [0.25, 0.3) is 0 Å². The van der Waals surface area contributed by atoms with E-state index in [0.29, 0.717) is 6.04 Å². The van der Waals surface area contributed by atoms with Gasteiger partial charge in [0.2, 0.25) is 10.0 Å². The summed E-state index contributed by atoms with van der Waals surface area (Å²) in [6.07, 6.45) is 11.8. The number of sulfonamides is 1. The molecular weight excluding hydrogens is 382 g/mol. The van der Waals surface area contributed by atoms with Crippen molar-refractivity contribution in [1.29, 1.82) is 0 Å². The molecule has 29 heavy (non-hydrogen) atoms. The number of fused-ring (bicyclic) bond motifs is 1. The van der Waals surface area contributed by atoms with Gasteiger partial charge in [0, 0.05) is 30.4 Å². The highest BCUT2D eigenvalue weighted by Gasteiger charge is 2.37. The summed E-state index contributed by atoms with van der Waals surface area (Å²) in [5.41, 5.74) is 2.52. The van der Waals surface area contributed by atoms with Crippen molar-refractivity contribution < 1.29 is 12.9 Å². The standard InChI is InChI=1S/C23H38N3O2S/c1-25-13-5-8-22(25)12-15-26(17-19-6-3-2-4-7-19)14-11-20-9-10-23(29(24,27)28)16-21(20)18-26/h9-10,16,19,22H,2-8,11-15,17-18H2,1H3,(H2,24,27,28)/q+1/t22-,26?/m0/s1. The molecule has 1 aliphatic carbocycles. The molecule has 0 spiro atoms. The van der Waals surface area contributed by atoms with Gasteiger partial charge in [-0.3, -0.25) is 0 Å². The molecule has 2 fully saturated rings. The van der Waals surface area contributed by atoms with Crippen LogP contribution < -0.4 is 5.14 Å². The zero-order valence-corrected chi connectivity index (χ0v) is 18.8. The molecule has 0 radical (unpaired) electrons. The summed E-state index contributed by atoms with van der Waals surface area (Å²) in [4.78, 5) is 2.80. The number of nitrogens with zero attached hydrogens (tertiary/aromatic N) is 2. The average molecular weight is 421 g/mol. The fourth-order valence-electron chi connectivity index (χ4n) is 6.09. The van der Waals surface area contributed by atoms with E-state index in [1.54, 1.807) is 6.07 Å². The highest BCUT2D eigenvalue weighted by molar-refractivity contribution is 7.89. The first-order valence-electron chi connectivity index (χ1n) is 11.5. The number of rotatable bonds is 6. The Hall–Kier alpha value is -0.950. The number of benzene rings is 1. The number of primary sulfonamides is 1. The lowest BCUT2D eigenvalue weighted by Crippen LogP contribution is -2.55. The van der Waals surface area contributed by atoms with Crippen LogP contribution >= 0.6 is 0 Å². The minimum atomic E-state index is -3.65. The Kier molecular flexibility index (Phi) is 6.35. The topological polar surface area (TPSA) is 63.4 Å². The lowest BCUT2D eigenvalue weighted by atomic mass is 9.86. The van der Waals surface area contributed by atoms with E-state index in [0.717, 1.165) is 23.4 Å². The number of quaternary nitrogens is 1. The highest BCUT2D eigenvalue weighted by Crippen LogP contribution is 2.33. The van der Waals surface area contributed by atoms with E-state index in [9.17, 15) is 8.42 Å². The maximum absolute atomic E-state index is 11.9. The molecule has 1 saturated heterocycles. The third kappa shape index (κ3) is 5.04. The van der Waals surface area contributed by atoms with Crippen LogP contribution in [0.3, 0.4) is 0 Å². The lowest BCUT2D eigenvalue weighted by Gasteiger charge is -2.45. The first-order valence-corrected chi connectivity index (χ1v) is 13.1. The second-order valence-corrected chi connectivity index (χ2v) is 11.5. The van der Waals surface area contributed by atoms with Crippen molar-refractivity contribution >= 4 is 10.0 Å². The van der Waals surface area contributed by atoms with Gasteiger partial charge < -0.3 is 9.38 Å². The fourth-order valence-corrected chi connectivity index (χ4v) is 6.65. The van der Waals surface area contributed by atoms with Crippen molar-refractivity contribution in [3.05, 3.63) is 29.3 Å². The monoisotopic (exact) mass is 420 g/mol. The Bertz CT molecular complexity index is 819. The van der Waals surface area contributed by atoms with Gasteiger partial charge in [-0.1, -0.05) is 25.3 Å². The summed E-state index contributed by atoms with van der Waals surface area (Å²) >= 11 is 0. The molecule has 1 aromatic rings. The molecular formula is C23H38N3O2S+. The van der Waals surface area contributed by atoms with Crippen molar-refractivity contribution in [2.75, 3.05) is 33.2 Å². The number of nitrogens with two attached hydrogens (primary N) is 1. The molecule has 2 heterocycles. The Balaban J connectivity index is 1.56.